The van der Waals surface area contributed by atoms with E-state index in [2.05, 4.69) is 20.8 Å². The van der Waals surface area contributed by atoms with Crippen molar-refractivity contribution in [3.8, 4) is 0 Å². The monoisotopic (exact) mass is 299 g/mol. The third-order valence-electron chi connectivity index (χ3n) is 4.58. The summed E-state index contributed by atoms with van der Waals surface area (Å²) in [5, 5.41) is 1.20. The van der Waals surface area contributed by atoms with Crippen molar-refractivity contribution in [1.82, 2.24) is 0 Å². The second kappa shape index (κ2) is 5.63. The average molecular weight is 300 g/mol. The molecule has 3 heteroatoms. The highest BCUT2D eigenvalue weighted by Gasteiger charge is 2.42. The first-order valence-electron chi connectivity index (χ1n) is 7.09. The predicted octanol–water partition coefficient (Wildman–Crippen LogP) is 5.24. The Morgan fingerprint density at radius 1 is 1.21 bits per heavy atom. The zero-order valence-electron chi connectivity index (χ0n) is 11.9. The van der Waals surface area contributed by atoms with Crippen molar-refractivity contribution in [1.29, 1.82) is 0 Å². The largest absolute Gasteiger partial charge is 0.321 e. The number of nitrogens with two attached hydrogens (primary N) is 1. The maximum atomic E-state index is 6.83. The zero-order valence-corrected chi connectivity index (χ0v) is 13.4. The van der Waals surface area contributed by atoms with Crippen LogP contribution in [-0.2, 0) is 5.54 Å². The van der Waals surface area contributed by atoms with Crippen LogP contribution in [0.1, 0.15) is 45.6 Å². The molecule has 0 radical (unpaired) electrons. The summed E-state index contributed by atoms with van der Waals surface area (Å²) in [7, 11) is 0. The van der Waals surface area contributed by atoms with Crippen LogP contribution in [-0.4, -0.2) is 0 Å². The summed E-state index contributed by atoms with van der Waals surface area (Å²) in [6.07, 6.45) is 3.48. The molecule has 1 fully saturated rings. The molecule has 1 aromatic carbocycles. The molecule has 1 nitrogen and oxygen atoms in total. The summed E-state index contributed by atoms with van der Waals surface area (Å²) in [6, 6.07) is 5.86. The molecular formula is C16H23Cl2N. The first-order chi connectivity index (χ1) is 8.84. The van der Waals surface area contributed by atoms with Gasteiger partial charge in [0.15, 0.2) is 0 Å². The van der Waals surface area contributed by atoms with Crippen LogP contribution in [0.5, 0.6) is 0 Å². The van der Waals surface area contributed by atoms with Gasteiger partial charge < -0.3 is 5.73 Å². The standard InChI is InChI=1S/C16H23Cl2N/c1-10(2)13-6-4-11(3)9-16(13,19)12-5-7-14(17)15(18)8-12/h5,7-8,10-11,13H,4,6,9,19H2,1-3H3. The fourth-order valence-electron chi connectivity index (χ4n) is 3.60. The zero-order chi connectivity index (χ0) is 14.2. The number of benzene rings is 1. The van der Waals surface area contributed by atoms with Crippen molar-refractivity contribution >= 4 is 23.2 Å². The molecule has 0 saturated heterocycles. The molecule has 106 valence electrons. The van der Waals surface area contributed by atoms with E-state index in [1.165, 1.54) is 12.8 Å². The van der Waals surface area contributed by atoms with Gasteiger partial charge in [-0.3, -0.25) is 0 Å². The van der Waals surface area contributed by atoms with Crippen LogP contribution >= 0.6 is 23.2 Å². The molecule has 2 rings (SSSR count). The van der Waals surface area contributed by atoms with Crippen molar-refractivity contribution < 1.29 is 0 Å². The van der Waals surface area contributed by atoms with E-state index in [1.54, 1.807) is 0 Å². The van der Waals surface area contributed by atoms with Gasteiger partial charge in [0.2, 0.25) is 0 Å². The Kier molecular flexibility index (Phi) is 4.49. The van der Waals surface area contributed by atoms with E-state index < -0.39 is 0 Å². The Bertz CT molecular complexity index is 458. The maximum Gasteiger partial charge on any atom is 0.0595 e. The molecule has 0 aromatic heterocycles. The predicted molar refractivity (Wildman–Crippen MR) is 83.7 cm³/mol. The second-order valence-electron chi connectivity index (χ2n) is 6.41. The highest BCUT2D eigenvalue weighted by atomic mass is 35.5. The maximum absolute atomic E-state index is 6.83. The second-order valence-corrected chi connectivity index (χ2v) is 7.22. The van der Waals surface area contributed by atoms with E-state index in [9.17, 15) is 0 Å². The molecule has 0 amide bonds. The highest BCUT2D eigenvalue weighted by molar-refractivity contribution is 6.42. The Labute approximate surface area is 126 Å². The minimum atomic E-state index is -0.278. The van der Waals surface area contributed by atoms with Crippen molar-refractivity contribution in [3.63, 3.8) is 0 Å². The van der Waals surface area contributed by atoms with E-state index in [0.29, 0.717) is 27.8 Å². The van der Waals surface area contributed by atoms with E-state index in [-0.39, 0.29) is 5.54 Å². The molecule has 0 heterocycles. The van der Waals surface area contributed by atoms with Crippen LogP contribution in [0.15, 0.2) is 18.2 Å². The lowest BCUT2D eigenvalue weighted by molar-refractivity contribution is 0.108. The summed E-state index contributed by atoms with van der Waals surface area (Å²) in [5.41, 5.74) is 7.69. The molecule has 1 aliphatic rings. The lowest BCUT2D eigenvalue weighted by Crippen LogP contribution is -2.50. The quantitative estimate of drug-likeness (QED) is 0.794. The lowest BCUT2D eigenvalue weighted by atomic mass is 9.63. The van der Waals surface area contributed by atoms with Crippen molar-refractivity contribution in [2.45, 2.75) is 45.6 Å². The van der Waals surface area contributed by atoms with Crippen LogP contribution in [0.3, 0.4) is 0 Å². The molecule has 1 aliphatic carbocycles. The van der Waals surface area contributed by atoms with Crippen molar-refractivity contribution in [2.75, 3.05) is 0 Å². The van der Waals surface area contributed by atoms with Crippen LogP contribution < -0.4 is 5.73 Å². The number of hydrogen-bond donors (Lipinski definition) is 1. The average Bonchev–Trinajstić information content (AvgIpc) is 2.31. The van der Waals surface area contributed by atoms with Gasteiger partial charge >= 0.3 is 0 Å². The first kappa shape index (κ1) is 15.2. The summed E-state index contributed by atoms with van der Waals surface area (Å²) in [6.45, 7) is 6.81. The van der Waals surface area contributed by atoms with Crippen LogP contribution in [0.25, 0.3) is 0 Å². The molecule has 3 unspecified atom stereocenters. The summed E-state index contributed by atoms with van der Waals surface area (Å²) in [5.74, 6) is 1.74. The SMILES string of the molecule is CC1CCC(C(C)C)C(N)(c2ccc(Cl)c(Cl)c2)C1. The Hall–Kier alpha value is -0.240. The Morgan fingerprint density at radius 2 is 1.89 bits per heavy atom. The van der Waals surface area contributed by atoms with Gasteiger partial charge in [0.25, 0.3) is 0 Å². The van der Waals surface area contributed by atoms with Gasteiger partial charge in [0, 0.05) is 5.54 Å². The normalized spacial score (nSPS) is 31.7. The lowest BCUT2D eigenvalue weighted by Gasteiger charge is -2.46. The van der Waals surface area contributed by atoms with Gasteiger partial charge in [-0.1, -0.05) is 56.5 Å². The fourth-order valence-corrected chi connectivity index (χ4v) is 3.90. The number of hydrogen-bond acceptors (Lipinski definition) is 1. The molecular weight excluding hydrogens is 277 g/mol. The number of rotatable bonds is 2. The van der Waals surface area contributed by atoms with Crippen LogP contribution in [0, 0.1) is 17.8 Å². The van der Waals surface area contributed by atoms with Gasteiger partial charge in [-0.25, -0.2) is 0 Å². The molecule has 0 bridgehead atoms. The topological polar surface area (TPSA) is 26.0 Å². The summed E-state index contributed by atoms with van der Waals surface area (Å²) >= 11 is 12.2. The minimum absolute atomic E-state index is 0.278. The Balaban J connectivity index is 2.43. The fraction of sp³-hybridized carbons (Fsp3) is 0.625. The molecule has 3 atom stereocenters. The third kappa shape index (κ3) is 2.94. The van der Waals surface area contributed by atoms with E-state index in [4.69, 9.17) is 28.9 Å². The van der Waals surface area contributed by atoms with Gasteiger partial charge in [-0.15, -0.1) is 0 Å². The first-order valence-corrected chi connectivity index (χ1v) is 7.84. The number of halogens is 2. The van der Waals surface area contributed by atoms with E-state index in [1.807, 2.05) is 18.2 Å². The van der Waals surface area contributed by atoms with Crippen LogP contribution in [0.4, 0.5) is 0 Å². The molecule has 1 saturated carbocycles. The Morgan fingerprint density at radius 3 is 2.47 bits per heavy atom. The van der Waals surface area contributed by atoms with Crippen molar-refractivity contribution in [2.24, 2.45) is 23.5 Å². The molecule has 1 aromatic rings. The minimum Gasteiger partial charge on any atom is -0.321 e. The smallest absolute Gasteiger partial charge is 0.0595 e. The van der Waals surface area contributed by atoms with Gasteiger partial charge in [0.1, 0.15) is 0 Å². The van der Waals surface area contributed by atoms with Gasteiger partial charge in [0.05, 0.1) is 10.0 Å². The molecule has 0 spiro atoms. The van der Waals surface area contributed by atoms with Gasteiger partial charge in [-0.2, -0.15) is 0 Å². The molecule has 0 aliphatic heterocycles. The van der Waals surface area contributed by atoms with Gasteiger partial charge in [-0.05, 0) is 48.3 Å². The molecule has 2 N–H and O–H groups in total. The summed E-state index contributed by atoms with van der Waals surface area (Å²) in [4.78, 5) is 0. The van der Waals surface area contributed by atoms with Crippen molar-refractivity contribution in [3.05, 3.63) is 33.8 Å². The van der Waals surface area contributed by atoms with Crippen LogP contribution in [0.2, 0.25) is 10.0 Å². The molecule has 19 heavy (non-hydrogen) atoms. The van der Waals surface area contributed by atoms with E-state index >= 15 is 0 Å². The van der Waals surface area contributed by atoms with E-state index in [0.717, 1.165) is 12.0 Å². The highest BCUT2D eigenvalue weighted by Crippen LogP contribution is 2.46. The summed E-state index contributed by atoms with van der Waals surface area (Å²) < 4.78 is 0. The third-order valence-corrected chi connectivity index (χ3v) is 5.32.